The Balaban J connectivity index is 1.18. The summed E-state index contributed by atoms with van der Waals surface area (Å²) in [6.45, 7) is 0. The van der Waals surface area contributed by atoms with E-state index in [4.69, 9.17) is 4.42 Å². The molecule has 0 N–H and O–H groups in total. The van der Waals surface area contributed by atoms with Gasteiger partial charge in [0, 0.05) is 43.7 Å². The van der Waals surface area contributed by atoms with Gasteiger partial charge in [-0.15, -0.1) is 0 Å². The minimum absolute atomic E-state index is 0.921. The maximum atomic E-state index is 6.11. The molecule has 10 rings (SSSR count). The molecule has 1 aliphatic carbocycles. The van der Waals surface area contributed by atoms with E-state index in [2.05, 4.69) is 143 Å². The minimum Gasteiger partial charge on any atom is -0.456 e. The Labute approximate surface area is 259 Å². The number of allylic oxidation sites excluding steroid dienone is 4. The molecule has 0 unspecified atom stereocenters. The highest BCUT2D eigenvalue weighted by Gasteiger charge is 2.18. The molecule has 3 heteroatoms. The molecule has 3 heterocycles. The first-order valence-corrected chi connectivity index (χ1v) is 15.7. The largest absolute Gasteiger partial charge is 0.456 e. The lowest BCUT2D eigenvalue weighted by atomic mass is 10.0. The molecule has 0 aliphatic heterocycles. The van der Waals surface area contributed by atoms with Crippen molar-refractivity contribution in [3.8, 4) is 16.8 Å². The lowest BCUT2D eigenvalue weighted by Gasteiger charge is -2.13. The lowest BCUT2D eigenvalue weighted by molar-refractivity contribution is 0.669. The van der Waals surface area contributed by atoms with Crippen LogP contribution in [0, 0.1) is 0 Å². The maximum Gasteiger partial charge on any atom is 0.135 e. The van der Waals surface area contributed by atoms with Crippen molar-refractivity contribution in [1.29, 1.82) is 0 Å². The van der Waals surface area contributed by atoms with Crippen LogP contribution in [0.5, 0.6) is 0 Å². The van der Waals surface area contributed by atoms with E-state index in [1.54, 1.807) is 0 Å². The van der Waals surface area contributed by atoms with Crippen LogP contribution in [0.25, 0.3) is 88.1 Å². The predicted octanol–water partition coefficient (Wildman–Crippen LogP) is 11.6. The van der Waals surface area contributed by atoms with Crippen molar-refractivity contribution >= 4 is 71.2 Å². The van der Waals surface area contributed by atoms with E-state index in [9.17, 15) is 0 Å². The third-order valence-electron chi connectivity index (χ3n) is 9.53. The second-order valence-electron chi connectivity index (χ2n) is 12.1. The van der Waals surface area contributed by atoms with E-state index < -0.39 is 0 Å². The predicted molar refractivity (Wildman–Crippen MR) is 189 cm³/mol. The molecule has 9 aromatic rings. The Bertz CT molecular complexity index is 2710. The van der Waals surface area contributed by atoms with Crippen molar-refractivity contribution in [2.75, 3.05) is 0 Å². The second-order valence-corrected chi connectivity index (χ2v) is 12.1. The van der Waals surface area contributed by atoms with Gasteiger partial charge in [0.1, 0.15) is 11.2 Å². The number of benzene rings is 6. The SMILES string of the molecule is C1=CC(n2c3ccccc3c3cc(-n4c5ccccc5c5cc(-c6ccc7oc8ccccc8c7c6)ccc54)ccc32)=CCC1. The van der Waals surface area contributed by atoms with Gasteiger partial charge in [-0.2, -0.15) is 0 Å². The van der Waals surface area contributed by atoms with Gasteiger partial charge >= 0.3 is 0 Å². The summed E-state index contributed by atoms with van der Waals surface area (Å²) in [6, 6.07) is 46.2. The van der Waals surface area contributed by atoms with Crippen LogP contribution >= 0.6 is 0 Å². The molecule has 212 valence electrons. The Morgan fingerprint density at radius 2 is 1.04 bits per heavy atom. The molecular formula is C42H28N2O. The Hall–Kier alpha value is -5.80. The van der Waals surface area contributed by atoms with Crippen molar-refractivity contribution in [2.45, 2.75) is 12.8 Å². The molecule has 0 spiro atoms. The van der Waals surface area contributed by atoms with Gasteiger partial charge in [0.2, 0.25) is 0 Å². The lowest BCUT2D eigenvalue weighted by Crippen LogP contribution is -1.97. The summed E-state index contributed by atoms with van der Waals surface area (Å²) in [5.74, 6) is 0. The Morgan fingerprint density at radius 1 is 0.444 bits per heavy atom. The van der Waals surface area contributed by atoms with Crippen molar-refractivity contribution in [3.05, 3.63) is 146 Å². The van der Waals surface area contributed by atoms with Crippen molar-refractivity contribution in [1.82, 2.24) is 9.13 Å². The molecule has 0 fully saturated rings. The van der Waals surface area contributed by atoms with Gasteiger partial charge in [0.25, 0.3) is 0 Å². The number of rotatable bonds is 3. The van der Waals surface area contributed by atoms with Crippen LogP contribution in [-0.2, 0) is 0 Å². The quantitative estimate of drug-likeness (QED) is 0.205. The van der Waals surface area contributed by atoms with Gasteiger partial charge in [-0.3, -0.25) is 0 Å². The van der Waals surface area contributed by atoms with Gasteiger partial charge in [-0.05, 0) is 90.7 Å². The second kappa shape index (κ2) is 9.35. The first kappa shape index (κ1) is 24.6. The number of furan rings is 1. The van der Waals surface area contributed by atoms with Crippen LogP contribution in [-0.4, -0.2) is 9.13 Å². The van der Waals surface area contributed by atoms with Gasteiger partial charge < -0.3 is 13.6 Å². The zero-order valence-electron chi connectivity index (χ0n) is 24.6. The van der Waals surface area contributed by atoms with Gasteiger partial charge in [-0.25, -0.2) is 0 Å². The number of para-hydroxylation sites is 3. The molecule has 1 aliphatic rings. The molecule has 0 atom stereocenters. The number of hydrogen-bond donors (Lipinski definition) is 0. The summed E-state index contributed by atoms with van der Waals surface area (Å²) in [5, 5.41) is 7.35. The van der Waals surface area contributed by atoms with Crippen LogP contribution in [0.1, 0.15) is 12.8 Å². The van der Waals surface area contributed by atoms with Crippen LogP contribution in [0.3, 0.4) is 0 Å². The molecule has 3 aromatic heterocycles. The van der Waals surface area contributed by atoms with Gasteiger partial charge in [0.05, 0.1) is 22.1 Å². The Morgan fingerprint density at radius 3 is 1.84 bits per heavy atom. The molecule has 0 radical (unpaired) electrons. The first-order chi connectivity index (χ1) is 22.3. The highest BCUT2D eigenvalue weighted by atomic mass is 16.3. The summed E-state index contributed by atoms with van der Waals surface area (Å²) in [4.78, 5) is 0. The van der Waals surface area contributed by atoms with Crippen molar-refractivity contribution in [3.63, 3.8) is 0 Å². The number of hydrogen-bond acceptors (Lipinski definition) is 1. The highest BCUT2D eigenvalue weighted by molar-refractivity contribution is 6.14. The van der Waals surface area contributed by atoms with E-state index >= 15 is 0 Å². The van der Waals surface area contributed by atoms with Crippen LogP contribution < -0.4 is 0 Å². The summed E-state index contributed by atoms with van der Waals surface area (Å²) in [7, 11) is 0. The zero-order chi connectivity index (χ0) is 29.5. The molecule has 3 nitrogen and oxygen atoms in total. The van der Waals surface area contributed by atoms with Crippen molar-refractivity contribution in [2.24, 2.45) is 0 Å². The maximum absolute atomic E-state index is 6.11. The fourth-order valence-corrected chi connectivity index (χ4v) is 7.48. The van der Waals surface area contributed by atoms with E-state index in [0.29, 0.717) is 0 Å². The summed E-state index contributed by atoms with van der Waals surface area (Å²) >= 11 is 0. The number of fused-ring (bicyclic) bond motifs is 9. The van der Waals surface area contributed by atoms with Crippen molar-refractivity contribution < 1.29 is 4.42 Å². The monoisotopic (exact) mass is 576 g/mol. The molecule has 0 saturated carbocycles. The first-order valence-electron chi connectivity index (χ1n) is 15.7. The highest BCUT2D eigenvalue weighted by Crippen LogP contribution is 2.39. The molecule has 6 aromatic carbocycles. The van der Waals surface area contributed by atoms with E-state index in [0.717, 1.165) is 34.8 Å². The summed E-state index contributed by atoms with van der Waals surface area (Å²) in [6.07, 6.45) is 9.09. The minimum atomic E-state index is 0.921. The summed E-state index contributed by atoms with van der Waals surface area (Å²) < 4.78 is 10.9. The average molecular weight is 577 g/mol. The summed E-state index contributed by atoms with van der Waals surface area (Å²) in [5.41, 5.74) is 11.6. The van der Waals surface area contributed by atoms with E-state index in [1.165, 1.54) is 66.1 Å². The smallest absolute Gasteiger partial charge is 0.135 e. The molecule has 45 heavy (non-hydrogen) atoms. The van der Waals surface area contributed by atoms with E-state index in [-0.39, 0.29) is 0 Å². The van der Waals surface area contributed by atoms with Gasteiger partial charge in [-0.1, -0.05) is 78.9 Å². The number of nitrogens with zero attached hydrogens (tertiary/aromatic N) is 2. The van der Waals surface area contributed by atoms with Crippen LogP contribution in [0.15, 0.2) is 150 Å². The molecule has 0 saturated heterocycles. The topological polar surface area (TPSA) is 23.0 Å². The fourth-order valence-electron chi connectivity index (χ4n) is 7.48. The normalized spacial score (nSPS) is 13.6. The van der Waals surface area contributed by atoms with Crippen LogP contribution in [0.2, 0.25) is 0 Å². The van der Waals surface area contributed by atoms with E-state index in [1.807, 2.05) is 12.1 Å². The third-order valence-corrected chi connectivity index (χ3v) is 9.53. The Kier molecular flexibility index (Phi) is 5.11. The van der Waals surface area contributed by atoms with Gasteiger partial charge in [0.15, 0.2) is 0 Å². The fraction of sp³-hybridized carbons (Fsp3) is 0.0476. The zero-order valence-corrected chi connectivity index (χ0v) is 24.6. The number of aromatic nitrogens is 2. The standard InChI is InChI=1S/C42H28N2O/c1-2-10-29(11-3-1)43-37-15-7-5-13-32(37)35-26-30(20-22-40(35)43)44-38-16-8-4-12-31(38)34-24-27(18-21-39(34)44)28-19-23-42-36(25-28)33-14-6-9-17-41(33)45-42/h2,4-26H,1,3H2. The van der Waals surface area contributed by atoms with Crippen LogP contribution in [0.4, 0.5) is 0 Å². The molecular weight excluding hydrogens is 548 g/mol. The third kappa shape index (κ3) is 3.58. The molecule has 0 bridgehead atoms. The average Bonchev–Trinajstić information content (AvgIpc) is 3.75. The molecule has 0 amide bonds.